The van der Waals surface area contributed by atoms with Crippen molar-refractivity contribution in [1.29, 1.82) is 0 Å². The fourth-order valence-corrected chi connectivity index (χ4v) is 2.53. The molecule has 3 rings (SSSR count). The molecule has 0 heterocycles. The summed E-state index contributed by atoms with van der Waals surface area (Å²) in [6.45, 7) is 3.77. The summed E-state index contributed by atoms with van der Waals surface area (Å²) >= 11 is 0. The van der Waals surface area contributed by atoms with Gasteiger partial charge in [-0.1, -0.05) is 49.1 Å². The third-order valence-corrected chi connectivity index (χ3v) is 3.53. The average molecular weight is 262 g/mol. The van der Waals surface area contributed by atoms with E-state index >= 15 is 0 Å². The van der Waals surface area contributed by atoms with Crippen LogP contribution in [0.1, 0.15) is 15.9 Å². The molecule has 0 N–H and O–H groups in total. The van der Waals surface area contributed by atoms with Crippen molar-refractivity contribution in [3.8, 4) is 0 Å². The molecule has 0 atom stereocenters. The molecule has 0 aliphatic carbocycles. The lowest BCUT2D eigenvalue weighted by molar-refractivity contribution is 0.0603. The number of esters is 1. The van der Waals surface area contributed by atoms with Crippen molar-refractivity contribution >= 4 is 33.6 Å². The Hall–Kier alpha value is -2.61. The van der Waals surface area contributed by atoms with Crippen LogP contribution in [0, 0.1) is 0 Å². The summed E-state index contributed by atoms with van der Waals surface area (Å²) in [7, 11) is 1.40. The summed E-state index contributed by atoms with van der Waals surface area (Å²) in [6, 6.07) is 16.1. The Morgan fingerprint density at radius 2 is 1.75 bits per heavy atom. The number of ether oxygens (including phenoxy) is 1. The predicted molar refractivity (Wildman–Crippen MR) is 82.9 cm³/mol. The summed E-state index contributed by atoms with van der Waals surface area (Å²) in [4.78, 5) is 12.1. The van der Waals surface area contributed by atoms with Crippen LogP contribution < -0.4 is 0 Å². The van der Waals surface area contributed by atoms with E-state index in [1.54, 1.807) is 6.08 Å². The van der Waals surface area contributed by atoms with Crippen molar-refractivity contribution in [3.63, 3.8) is 0 Å². The number of hydrogen-bond acceptors (Lipinski definition) is 2. The molecule has 2 heteroatoms. The van der Waals surface area contributed by atoms with Crippen molar-refractivity contribution in [2.24, 2.45) is 0 Å². The molecule has 3 aromatic carbocycles. The molecule has 0 saturated carbocycles. The van der Waals surface area contributed by atoms with Crippen LogP contribution in [0.5, 0.6) is 0 Å². The highest BCUT2D eigenvalue weighted by Gasteiger charge is 2.14. The molecule has 0 radical (unpaired) electrons. The van der Waals surface area contributed by atoms with Crippen LogP contribution in [0.4, 0.5) is 0 Å². The lowest BCUT2D eigenvalue weighted by atomic mass is 9.96. The van der Waals surface area contributed by atoms with E-state index in [9.17, 15) is 4.79 Å². The number of carbonyl (C=O) groups excluding carboxylic acids is 1. The Morgan fingerprint density at radius 3 is 2.40 bits per heavy atom. The van der Waals surface area contributed by atoms with Gasteiger partial charge in [-0.2, -0.15) is 0 Å². The van der Waals surface area contributed by atoms with Crippen molar-refractivity contribution in [3.05, 3.63) is 66.2 Å². The molecule has 3 aromatic rings. The van der Waals surface area contributed by atoms with Crippen LogP contribution in [-0.4, -0.2) is 13.1 Å². The third-order valence-electron chi connectivity index (χ3n) is 3.53. The number of methoxy groups -OCH3 is 1. The van der Waals surface area contributed by atoms with E-state index in [0.717, 1.165) is 27.1 Å². The first-order valence-electron chi connectivity index (χ1n) is 6.41. The zero-order valence-electron chi connectivity index (χ0n) is 11.2. The molecule has 0 aromatic heterocycles. The number of hydrogen-bond donors (Lipinski definition) is 0. The number of carbonyl (C=O) groups is 1. The highest BCUT2D eigenvalue weighted by Crippen LogP contribution is 2.28. The van der Waals surface area contributed by atoms with Gasteiger partial charge >= 0.3 is 5.97 Å². The van der Waals surface area contributed by atoms with Crippen LogP contribution in [0.2, 0.25) is 0 Å². The smallest absolute Gasteiger partial charge is 0.339 e. The molecule has 0 saturated heterocycles. The highest BCUT2D eigenvalue weighted by molar-refractivity contribution is 6.11. The maximum Gasteiger partial charge on any atom is 0.339 e. The van der Waals surface area contributed by atoms with Crippen LogP contribution in [0.15, 0.2) is 55.1 Å². The van der Waals surface area contributed by atoms with Gasteiger partial charge in [0.05, 0.1) is 12.7 Å². The van der Waals surface area contributed by atoms with E-state index < -0.39 is 0 Å². The van der Waals surface area contributed by atoms with Gasteiger partial charge in [0.1, 0.15) is 0 Å². The number of rotatable bonds is 2. The Labute approximate surface area is 117 Å². The van der Waals surface area contributed by atoms with Crippen LogP contribution in [0.25, 0.3) is 27.6 Å². The molecule has 0 unspecified atom stereocenters. The van der Waals surface area contributed by atoms with E-state index in [4.69, 9.17) is 4.74 Å². The van der Waals surface area contributed by atoms with Crippen molar-refractivity contribution in [1.82, 2.24) is 0 Å². The van der Waals surface area contributed by atoms with Gasteiger partial charge in [0, 0.05) is 0 Å². The predicted octanol–water partition coefficient (Wildman–Crippen LogP) is 4.42. The molecule has 0 spiro atoms. The Balaban J connectivity index is 2.45. The second kappa shape index (κ2) is 4.82. The minimum absolute atomic E-state index is 0.333. The fraction of sp³-hybridized carbons (Fsp3) is 0.0556. The van der Waals surface area contributed by atoms with Gasteiger partial charge in [-0.3, -0.25) is 0 Å². The zero-order chi connectivity index (χ0) is 14.1. The van der Waals surface area contributed by atoms with Crippen LogP contribution in [0.3, 0.4) is 0 Å². The second-order valence-corrected chi connectivity index (χ2v) is 4.65. The molecule has 98 valence electrons. The normalized spacial score (nSPS) is 10.7. The van der Waals surface area contributed by atoms with Crippen LogP contribution in [-0.2, 0) is 4.74 Å². The lowest BCUT2D eigenvalue weighted by Crippen LogP contribution is -2.04. The van der Waals surface area contributed by atoms with Gasteiger partial charge in [0.2, 0.25) is 0 Å². The van der Waals surface area contributed by atoms with E-state index in [2.05, 4.69) is 18.7 Å². The molecule has 0 fully saturated rings. The maximum atomic E-state index is 12.1. The van der Waals surface area contributed by atoms with E-state index in [-0.39, 0.29) is 5.97 Å². The van der Waals surface area contributed by atoms with Gasteiger partial charge in [0.25, 0.3) is 0 Å². The highest BCUT2D eigenvalue weighted by atomic mass is 16.5. The Morgan fingerprint density at radius 1 is 1.05 bits per heavy atom. The van der Waals surface area contributed by atoms with Gasteiger partial charge in [-0.05, 0) is 39.2 Å². The number of benzene rings is 3. The quantitative estimate of drug-likeness (QED) is 0.504. The maximum absolute atomic E-state index is 12.1. The van der Waals surface area contributed by atoms with Gasteiger partial charge < -0.3 is 4.74 Å². The lowest BCUT2D eigenvalue weighted by Gasteiger charge is -2.10. The van der Waals surface area contributed by atoms with Crippen molar-refractivity contribution < 1.29 is 9.53 Å². The molecular weight excluding hydrogens is 248 g/mol. The SMILES string of the molecule is C=Cc1ccc2cc3ccccc3cc2c1C(=O)OC. The molecule has 0 aliphatic heterocycles. The molecule has 2 nitrogen and oxygen atoms in total. The van der Waals surface area contributed by atoms with Crippen molar-refractivity contribution in [2.45, 2.75) is 0 Å². The summed E-state index contributed by atoms with van der Waals surface area (Å²) in [6.07, 6.45) is 1.68. The summed E-state index contributed by atoms with van der Waals surface area (Å²) in [5, 5.41) is 4.18. The standard InChI is InChI=1S/C18H14O2/c1-3-12-8-9-15-10-13-6-4-5-7-14(13)11-16(15)17(12)18(19)20-2/h3-11H,1H2,2H3. The van der Waals surface area contributed by atoms with Crippen LogP contribution >= 0.6 is 0 Å². The number of fused-ring (bicyclic) bond motifs is 2. The largest absolute Gasteiger partial charge is 0.465 e. The Bertz CT molecular complexity index is 831. The van der Waals surface area contributed by atoms with Crippen molar-refractivity contribution in [2.75, 3.05) is 7.11 Å². The molecule has 20 heavy (non-hydrogen) atoms. The van der Waals surface area contributed by atoms with E-state index in [1.165, 1.54) is 7.11 Å². The molecule has 0 amide bonds. The summed E-state index contributed by atoms with van der Waals surface area (Å²) < 4.78 is 4.91. The van der Waals surface area contributed by atoms with E-state index in [1.807, 2.05) is 36.4 Å². The topological polar surface area (TPSA) is 26.3 Å². The molecule has 0 bridgehead atoms. The molecule has 0 aliphatic rings. The monoisotopic (exact) mass is 262 g/mol. The zero-order valence-corrected chi connectivity index (χ0v) is 11.2. The first-order chi connectivity index (χ1) is 9.74. The second-order valence-electron chi connectivity index (χ2n) is 4.65. The average Bonchev–Trinajstić information content (AvgIpc) is 2.51. The summed E-state index contributed by atoms with van der Waals surface area (Å²) in [5.41, 5.74) is 1.37. The van der Waals surface area contributed by atoms with Gasteiger partial charge in [0.15, 0.2) is 0 Å². The third kappa shape index (κ3) is 1.86. The summed E-state index contributed by atoms with van der Waals surface area (Å²) in [5.74, 6) is -0.333. The minimum atomic E-state index is -0.333. The first-order valence-corrected chi connectivity index (χ1v) is 6.41. The van der Waals surface area contributed by atoms with E-state index in [0.29, 0.717) is 5.56 Å². The Kier molecular flexibility index (Phi) is 2.99. The van der Waals surface area contributed by atoms with Gasteiger partial charge in [-0.25, -0.2) is 4.79 Å². The minimum Gasteiger partial charge on any atom is -0.465 e. The fourth-order valence-electron chi connectivity index (χ4n) is 2.53. The first kappa shape index (κ1) is 12.4. The van der Waals surface area contributed by atoms with Gasteiger partial charge in [-0.15, -0.1) is 0 Å². The molecular formula is C18H14O2.